The predicted octanol–water partition coefficient (Wildman–Crippen LogP) is 3.46. The standard InChI is InChI=1S/C22H24N4O3/c1-26-19(22(24-25-26)17-5-3-2-4-6-17)15-29-21-8-7-18(14-23-21)20(27)13-16-9-11-28-12-10-16/h2-8,14,16H,9-13,15H2,1H3. The number of ether oxygens (including phenoxy) is 2. The number of hydrogen-bond donors (Lipinski definition) is 0. The van der Waals surface area contributed by atoms with Crippen LogP contribution in [0.25, 0.3) is 11.3 Å². The van der Waals surface area contributed by atoms with Crippen LogP contribution in [0.4, 0.5) is 0 Å². The van der Waals surface area contributed by atoms with Crippen LogP contribution in [0.1, 0.15) is 35.3 Å². The molecule has 4 rings (SSSR count). The molecule has 2 aromatic heterocycles. The van der Waals surface area contributed by atoms with Crippen LogP contribution in [0, 0.1) is 5.92 Å². The summed E-state index contributed by atoms with van der Waals surface area (Å²) < 4.78 is 12.9. The van der Waals surface area contributed by atoms with E-state index in [1.54, 1.807) is 23.0 Å². The van der Waals surface area contributed by atoms with Crippen LogP contribution in [0.15, 0.2) is 48.7 Å². The molecular weight excluding hydrogens is 368 g/mol. The van der Waals surface area contributed by atoms with E-state index in [-0.39, 0.29) is 12.4 Å². The van der Waals surface area contributed by atoms with E-state index < -0.39 is 0 Å². The molecule has 0 spiro atoms. The van der Waals surface area contributed by atoms with E-state index in [4.69, 9.17) is 9.47 Å². The highest BCUT2D eigenvalue weighted by atomic mass is 16.5. The number of rotatable bonds is 7. The summed E-state index contributed by atoms with van der Waals surface area (Å²) in [5.74, 6) is 0.993. The zero-order chi connectivity index (χ0) is 20.1. The molecular formula is C22H24N4O3. The summed E-state index contributed by atoms with van der Waals surface area (Å²) in [6.45, 7) is 1.78. The Morgan fingerprint density at radius 3 is 2.69 bits per heavy atom. The molecule has 1 aliphatic heterocycles. The zero-order valence-electron chi connectivity index (χ0n) is 16.5. The van der Waals surface area contributed by atoms with Gasteiger partial charge in [-0.15, -0.1) is 5.10 Å². The molecule has 7 nitrogen and oxygen atoms in total. The maximum Gasteiger partial charge on any atom is 0.213 e. The summed E-state index contributed by atoms with van der Waals surface area (Å²) in [5, 5.41) is 8.36. The molecule has 0 amide bonds. The fourth-order valence-corrected chi connectivity index (χ4v) is 3.46. The molecule has 0 bridgehead atoms. The number of hydrogen-bond acceptors (Lipinski definition) is 6. The molecule has 0 saturated carbocycles. The molecule has 150 valence electrons. The quantitative estimate of drug-likeness (QED) is 0.573. The fraction of sp³-hybridized carbons (Fsp3) is 0.364. The Kier molecular flexibility index (Phi) is 5.95. The maximum atomic E-state index is 12.5. The lowest BCUT2D eigenvalue weighted by molar-refractivity contribution is 0.0601. The number of nitrogens with zero attached hydrogens (tertiary/aromatic N) is 4. The molecule has 0 atom stereocenters. The molecule has 29 heavy (non-hydrogen) atoms. The van der Waals surface area contributed by atoms with Gasteiger partial charge in [-0.05, 0) is 24.8 Å². The van der Waals surface area contributed by atoms with Gasteiger partial charge >= 0.3 is 0 Å². The van der Waals surface area contributed by atoms with Crippen molar-refractivity contribution in [3.05, 3.63) is 59.9 Å². The van der Waals surface area contributed by atoms with Crippen LogP contribution >= 0.6 is 0 Å². The van der Waals surface area contributed by atoms with Gasteiger partial charge in [0.05, 0.1) is 0 Å². The second-order valence-electron chi connectivity index (χ2n) is 7.23. The lowest BCUT2D eigenvalue weighted by Gasteiger charge is -2.21. The molecule has 0 radical (unpaired) electrons. The second-order valence-corrected chi connectivity index (χ2v) is 7.23. The topological polar surface area (TPSA) is 79.1 Å². The second kappa shape index (κ2) is 8.96. The van der Waals surface area contributed by atoms with E-state index in [9.17, 15) is 4.79 Å². The minimum Gasteiger partial charge on any atom is -0.471 e. The number of pyridine rings is 1. The molecule has 0 aliphatic carbocycles. The molecule has 3 heterocycles. The summed E-state index contributed by atoms with van der Waals surface area (Å²) in [6, 6.07) is 13.4. The molecule has 3 aromatic rings. The highest BCUT2D eigenvalue weighted by molar-refractivity contribution is 5.95. The van der Waals surface area contributed by atoms with Crippen molar-refractivity contribution in [3.8, 4) is 17.1 Å². The third-order valence-electron chi connectivity index (χ3n) is 5.22. The Bertz CT molecular complexity index is 948. The Morgan fingerprint density at radius 1 is 1.17 bits per heavy atom. The van der Waals surface area contributed by atoms with Gasteiger partial charge in [0, 0.05) is 50.1 Å². The smallest absolute Gasteiger partial charge is 0.213 e. The van der Waals surface area contributed by atoms with Gasteiger partial charge in [-0.1, -0.05) is 35.5 Å². The van der Waals surface area contributed by atoms with Gasteiger partial charge in [0.1, 0.15) is 18.0 Å². The first-order valence-electron chi connectivity index (χ1n) is 9.84. The summed E-state index contributed by atoms with van der Waals surface area (Å²) in [7, 11) is 1.84. The average molecular weight is 392 g/mol. The van der Waals surface area contributed by atoms with Crippen molar-refractivity contribution in [2.45, 2.75) is 25.9 Å². The van der Waals surface area contributed by atoms with E-state index in [0.29, 0.717) is 23.8 Å². The third kappa shape index (κ3) is 4.68. The molecule has 0 unspecified atom stereocenters. The summed E-state index contributed by atoms with van der Waals surface area (Å²) >= 11 is 0. The van der Waals surface area contributed by atoms with Crippen molar-refractivity contribution in [1.82, 2.24) is 20.0 Å². The molecule has 7 heteroatoms. The lowest BCUT2D eigenvalue weighted by Crippen LogP contribution is -2.18. The van der Waals surface area contributed by atoms with E-state index in [1.807, 2.05) is 37.4 Å². The van der Waals surface area contributed by atoms with Crippen LogP contribution in [0.3, 0.4) is 0 Å². The van der Waals surface area contributed by atoms with Gasteiger partial charge in [0.2, 0.25) is 5.88 Å². The molecule has 1 aromatic carbocycles. The average Bonchev–Trinajstić information content (AvgIpc) is 3.14. The predicted molar refractivity (Wildman–Crippen MR) is 107 cm³/mol. The van der Waals surface area contributed by atoms with Crippen LogP contribution in [-0.4, -0.2) is 39.0 Å². The number of aryl methyl sites for hydroxylation is 1. The first-order chi connectivity index (χ1) is 14.2. The van der Waals surface area contributed by atoms with Crippen molar-refractivity contribution in [2.24, 2.45) is 13.0 Å². The molecule has 1 saturated heterocycles. The summed E-state index contributed by atoms with van der Waals surface area (Å²) in [6.07, 6.45) is 4.04. The molecule has 1 fully saturated rings. The van der Waals surface area contributed by atoms with Gasteiger partial charge < -0.3 is 9.47 Å². The van der Waals surface area contributed by atoms with Crippen LogP contribution < -0.4 is 4.74 Å². The van der Waals surface area contributed by atoms with Gasteiger partial charge in [-0.2, -0.15) is 0 Å². The van der Waals surface area contributed by atoms with Crippen molar-refractivity contribution in [1.29, 1.82) is 0 Å². The number of carbonyl (C=O) groups excluding carboxylic acids is 1. The van der Waals surface area contributed by atoms with E-state index in [2.05, 4.69) is 15.3 Å². The fourth-order valence-electron chi connectivity index (χ4n) is 3.46. The van der Waals surface area contributed by atoms with Gasteiger partial charge in [-0.25, -0.2) is 9.67 Å². The first kappa shape index (κ1) is 19.3. The highest BCUT2D eigenvalue weighted by Crippen LogP contribution is 2.23. The summed E-state index contributed by atoms with van der Waals surface area (Å²) in [4.78, 5) is 16.8. The van der Waals surface area contributed by atoms with Crippen molar-refractivity contribution in [2.75, 3.05) is 13.2 Å². The van der Waals surface area contributed by atoms with E-state index in [0.717, 1.165) is 43.0 Å². The monoisotopic (exact) mass is 392 g/mol. The van der Waals surface area contributed by atoms with Gasteiger partial charge in [-0.3, -0.25) is 4.79 Å². The van der Waals surface area contributed by atoms with Gasteiger partial charge in [0.25, 0.3) is 0 Å². The highest BCUT2D eigenvalue weighted by Gasteiger charge is 2.19. The van der Waals surface area contributed by atoms with E-state index >= 15 is 0 Å². The number of Topliss-reactive ketones (excluding diaryl/α,β-unsaturated/α-hetero) is 1. The summed E-state index contributed by atoms with van der Waals surface area (Å²) in [5.41, 5.74) is 3.26. The van der Waals surface area contributed by atoms with Crippen molar-refractivity contribution < 1.29 is 14.3 Å². The SMILES string of the molecule is Cn1nnc(-c2ccccc2)c1COc1ccc(C(=O)CC2CCOCC2)cn1. The Hall–Kier alpha value is -3.06. The van der Waals surface area contributed by atoms with Crippen LogP contribution in [0.5, 0.6) is 5.88 Å². The lowest BCUT2D eigenvalue weighted by atomic mass is 9.92. The third-order valence-corrected chi connectivity index (χ3v) is 5.22. The van der Waals surface area contributed by atoms with E-state index in [1.165, 1.54) is 0 Å². The van der Waals surface area contributed by atoms with Crippen molar-refractivity contribution in [3.63, 3.8) is 0 Å². The first-order valence-corrected chi connectivity index (χ1v) is 9.84. The van der Waals surface area contributed by atoms with Gasteiger partial charge in [0.15, 0.2) is 5.78 Å². The van der Waals surface area contributed by atoms with Crippen LogP contribution in [0.2, 0.25) is 0 Å². The maximum absolute atomic E-state index is 12.5. The molecule has 0 N–H and O–H groups in total. The zero-order valence-corrected chi connectivity index (χ0v) is 16.5. The number of benzene rings is 1. The number of aromatic nitrogens is 4. The molecule has 1 aliphatic rings. The normalized spacial score (nSPS) is 14.7. The largest absolute Gasteiger partial charge is 0.471 e. The number of ketones is 1. The minimum absolute atomic E-state index is 0.123. The Morgan fingerprint density at radius 2 is 1.97 bits per heavy atom. The van der Waals surface area contributed by atoms with Crippen molar-refractivity contribution >= 4 is 5.78 Å². The Labute approximate surface area is 169 Å². The van der Waals surface area contributed by atoms with Crippen LogP contribution in [-0.2, 0) is 18.4 Å². The minimum atomic E-state index is 0.123. The number of carbonyl (C=O) groups is 1. The Balaban J connectivity index is 1.39.